The molecule has 0 aliphatic carbocycles. The summed E-state index contributed by atoms with van der Waals surface area (Å²) in [6.45, 7) is 1.88. The topological polar surface area (TPSA) is 111 Å². The molecule has 11 heteroatoms. The van der Waals surface area contributed by atoms with E-state index in [-0.39, 0.29) is 17.5 Å². The fraction of sp³-hybridized carbons (Fsp3) is 0.310. The van der Waals surface area contributed by atoms with Crippen LogP contribution in [0.1, 0.15) is 41.6 Å². The molecule has 0 saturated carbocycles. The van der Waals surface area contributed by atoms with Gasteiger partial charge in [-0.05, 0) is 77.4 Å². The molecule has 40 heavy (non-hydrogen) atoms. The van der Waals surface area contributed by atoms with E-state index in [2.05, 4.69) is 25.4 Å². The molecule has 0 spiro atoms. The molecule has 10 nitrogen and oxygen atoms in total. The van der Waals surface area contributed by atoms with Crippen molar-refractivity contribution in [2.45, 2.75) is 44.6 Å². The lowest BCUT2D eigenvalue weighted by Crippen LogP contribution is -2.35. The van der Waals surface area contributed by atoms with Gasteiger partial charge in [0.25, 0.3) is 5.56 Å². The number of hydrogen-bond donors (Lipinski definition) is 1. The van der Waals surface area contributed by atoms with Gasteiger partial charge in [-0.25, -0.2) is 9.07 Å². The quantitative estimate of drug-likeness (QED) is 0.278. The Morgan fingerprint density at radius 3 is 2.80 bits per heavy atom. The van der Waals surface area contributed by atoms with Gasteiger partial charge in [0.1, 0.15) is 23.4 Å². The zero-order valence-electron chi connectivity index (χ0n) is 22.0. The lowest BCUT2D eigenvalue weighted by atomic mass is 10.0. The Kier molecular flexibility index (Phi) is 7.39. The van der Waals surface area contributed by atoms with Crippen LogP contribution in [0.2, 0.25) is 0 Å². The lowest BCUT2D eigenvalue weighted by molar-refractivity contribution is 0.0901. The van der Waals surface area contributed by atoms with E-state index in [0.717, 1.165) is 23.8 Å². The summed E-state index contributed by atoms with van der Waals surface area (Å²) >= 11 is 0. The average Bonchev–Trinajstić information content (AvgIpc) is 3.75. The minimum atomic E-state index is -0.675. The number of rotatable bonds is 10. The smallest absolute Gasteiger partial charge is 0.253 e. The van der Waals surface area contributed by atoms with Crippen molar-refractivity contribution in [2.24, 2.45) is 0 Å². The van der Waals surface area contributed by atoms with E-state index in [1.807, 2.05) is 30.3 Å². The predicted molar refractivity (Wildman–Crippen MR) is 144 cm³/mol. The Labute approximate surface area is 229 Å². The van der Waals surface area contributed by atoms with Gasteiger partial charge in [-0.3, -0.25) is 9.69 Å². The molecule has 0 bridgehead atoms. The maximum absolute atomic E-state index is 13.8. The van der Waals surface area contributed by atoms with Crippen LogP contribution in [0, 0.1) is 5.82 Å². The Bertz CT molecular complexity index is 1630. The van der Waals surface area contributed by atoms with Crippen LogP contribution in [0.5, 0.6) is 5.75 Å². The number of aromatic amines is 1. The molecule has 3 aromatic heterocycles. The van der Waals surface area contributed by atoms with Crippen LogP contribution >= 0.6 is 0 Å². The molecule has 1 N–H and O–H groups in total. The number of tetrazole rings is 1. The standard InChI is InChI=1S/C29H29FN6O4/c1-38-22-10-11-26-20(14-22)15-25(29(37)31-26)27(28-32-33-34-36(28)18-24-5-3-13-40-24)35(17-23-4-2-12-39-23)16-19-6-8-21(30)9-7-19/h2,4,6-12,14-15,24,27H,3,5,13,16-18H2,1H3,(H,31,37)/t24-,27-/m1/s1. The Balaban J connectivity index is 1.50. The maximum atomic E-state index is 13.8. The summed E-state index contributed by atoms with van der Waals surface area (Å²) in [5, 5.41) is 13.5. The molecule has 6 rings (SSSR count). The van der Waals surface area contributed by atoms with Crippen molar-refractivity contribution in [3.8, 4) is 5.75 Å². The first-order chi connectivity index (χ1) is 19.6. The third-order valence-corrected chi connectivity index (χ3v) is 7.18. The minimum absolute atomic E-state index is 0.0160. The van der Waals surface area contributed by atoms with E-state index in [4.69, 9.17) is 13.9 Å². The number of furan rings is 1. The van der Waals surface area contributed by atoms with Gasteiger partial charge in [-0.1, -0.05) is 12.1 Å². The highest BCUT2D eigenvalue weighted by Gasteiger charge is 2.32. The predicted octanol–water partition coefficient (Wildman–Crippen LogP) is 4.23. The first-order valence-electron chi connectivity index (χ1n) is 13.2. The number of nitrogens with zero attached hydrogens (tertiary/aromatic N) is 5. The number of halogens is 1. The Hall–Kier alpha value is -4.35. The second kappa shape index (κ2) is 11.4. The van der Waals surface area contributed by atoms with Crippen LogP contribution in [0.4, 0.5) is 4.39 Å². The van der Waals surface area contributed by atoms with Gasteiger partial charge in [0.15, 0.2) is 5.82 Å². The molecule has 4 heterocycles. The fourth-order valence-electron chi connectivity index (χ4n) is 5.21. The molecule has 1 aliphatic heterocycles. The van der Waals surface area contributed by atoms with E-state index in [9.17, 15) is 9.18 Å². The Morgan fingerprint density at radius 1 is 1.18 bits per heavy atom. The highest BCUT2D eigenvalue weighted by Crippen LogP contribution is 2.31. The van der Waals surface area contributed by atoms with Crippen LogP contribution in [0.25, 0.3) is 10.9 Å². The molecule has 0 radical (unpaired) electrons. The van der Waals surface area contributed by atoms with Crippen molar-refractivity contribution in [1.82, 2.24) is 30.1 Å². The van der Waals surface area contributed by atoms with E-state index in [1.54, 1.807) is 36.3 Å². The number of ether oxygens (including phenoxy) is 2. The van der Waals surface area contributed by atoms with Gasteiger partial charge in [-0.15, -0.1) is 5.10 Å². The van der Waals surface area contributed by atoms with Crippen molar-refractivity contribution in [3.05, 3.63) is 106 Å². The molecule has 1 fully saturated rings. The molecular weight excluding hydrogens is 515 g/mol. The van der Waals surface area contributed by atoms with E-state index < -0.39 is 6.04 Å². The molecule has 1 saturated heterocycles. The number of hydrogen-bond acceptors (Lipinski definition) is 8. The molecule has 2 atom stereocenters. The largest absolute Gasteiger partial charge is 0.497 e. The molecule has 206 valence electrons. The molecule has 1 aliphatic rings. The molecular formula is C29H29FN6O4. The van der Waals surface area contributed by atoms with Crippen LogP contribution < -0.4 is 10.3 Å². The number of aromatic nitrogens is 5. The molecule has 0 amide bonds. The van der Waals surface area contributed by atoms with Crippen molar-refractivity contribution < 1.29 is 18.3 Å². The zero-order valence-corrected chi connectivity index (χ0v) is 22.0. The van der Waals surface area contributed by atoms with Crippen molar-refractivity contribution in [1.29, 1.82) is 0 Å². The molecule has 2 aromatic carbocycles. The number of benzene rings is 2. The minimum Gasteiger partial charge on any atom is -0.497 e. The van der Waals surface area contributed by atoms with Crippen molar-refractivity contribution >= 4 is 10.9 Å². The second-order valence-corrected chi connectivity index (χ2v) is 9.87. The summed E-state index contributed by atoms with van der Waals surface area (Å²) in [7, 11) is 1.60. The van der Waals surface area contributed by atoms with Gasteiger partial charge >= 0.3 is 0 Å². The SMILES string of the molecule is COc1ccc2[nH]c(=O)c([C@H](c3nnnn3C[C@H]3CCCO3)N(Cc3ccc(F)cc3)Cc3ccco3)cc2c1. The highest BCUT2D eigenvalue weighted by atomic mass is 19.1. The van der Waals surface area contributed by atoms with Crippen LogP contribution in [-0.4, -0.2) is 49.9 Å². The average molecular weight is 545 g/mol. The van der Waals surface area contributed by atoms with Crippen LogP contribution in [0.15, 0.2) is 76.1 Å². The Morgan fingerprint density at radius 2 is 2.05 bits per heavy atom. The first kappa shape index (κ1) is 25.9. The summed E-state index contributed by atoms with van der Waals surface area (Å²) < 4.78 is 32.5. The van der Waals surface area contributed by atoms with Crippen molar-refractivity contribution in [2.75, 3.05) is 13.7 Å². The number of pyridine rings is 1. The second-order valence-electron chi connectivity index (χ2n) is 9.87. The fourth-order valence-corrected chi connectivity index (χ4v) is 5.21. The lowest BCUT2D eigenvalue weighted by Gasteiger charge is -2.30. The molecule has 5 aromatic rings. The summed E-state index contributed by atoms with van der Waals surface area (Å²) in [5.41, 5.74) is 1.73. The van der Waals surface area contributed by atoms with Gasteiger partial charge in [0.05, 0.1) is 32.6 Å². The number of nitrogens with one attached hydrogen (secondary N) is 1. The zero-order chi connectivity index (χ0) is 27.5. The maximum Gasteiger partial charge on any atom is 0.253 e. The van der Waals surface area contributed by atoms with Gasteiger partial charge < -0.3 is 18.9 Å². The highest BCUT2D eigenvalue weighted by molar-refractivity contribution is 5.80. The third-order valence-electron chi connectivity index (χ3n) is 7.18. The monoisotopic (exact) mass is 544 g/mol. The van der Waals surface area contributed by atoms with Gasteiger partial charge in [0.2, 0.25) is 0 Å². The third kappa shape index (κ3) is 5.51. The summed E-state index contributed by atoms with van der Waals surface area (Å²) in [6, 6.07) is 16.7. The summed E-state index contributed by atoms with van der Waals surface area (Å²) in [4.78, 5) is 18.8. The molecule has 0 unspecified atom stereocenters. The first-order valence-corrected chi connectivity index (χ1v) is 13.2. The van der Waals surface area contributed by atoms with Crippen molar-refractivity contribution in [3.63, 3.8) is 0 Å². The van der Waals surface area contributed by atoms with Crippen LogP contribution in [0.3, 0.4) is 0 Å². The number of fused-ring (bicyclic) bond motifs is 1. The van der Waals surface area contributed by atoms with Gasteiger partial charge in [-0.2, -0.15) is 0 Å². The van der Waals surface area contributed by atoms with Crippen LogP contribution in [-0.2, 0) is 24.4 Å². The van der Waals surface area contributed by atoms with E-state index >= 15 is 0 Å². The number of H-pyrrole nitrogens is 1. The summed E-state index contributed by atoms with van der Waals surface area (Å²) in [5.74, 6) is 1.54. The number of methoxy groups -OCH3 is 1. The van der Waals surface area contributed by atoms with E-state index in [0.29, 0.717) is 54.7 Å². The van der Waals surface area contributed by atoms with Gasteiger partial charge in [0, 0.05) is 29.6 Å². The summed E-state index contributed by atoms with van der Waals surface area (Å²) in [6.07, 6.45) is 3.48. The normalized spacial score (nSPS) is 16.1. The van der Waals surface area contributed by atoms with E-state index in [1.165, 1.54) is 12.1 Å².